The molecule has 3 nitrogen and oxygen atoms in total. The second-order valence-electron chi connectivity index (χ2n) is 6.18. The van der Waals surface area contributed by atoms with Gasteiger partial charge in [-0.25, -0.2) is 0 Å². The third kappa shape index (κ3) is 3.46. The summed E-state index contributed by atoms with van der Waals surface area (Å²) in [5.41, 5.74) is 0. The molecule has 0 aromatic rings. The van der Waals surface area contributed by atoms with Crippen LogP contribution in [0.15, 0.2) is 0 Å². The molecule has 3 heteroatoms. The molecule has 1 saturated carbocycles. The van der Waals surface area contributed by atoms with E-state index in [1.54, 1.807) is 0 Å². The summed E-state index contributed by atoms with van der Waals surface area (Å²) >= 11 is 0. The van der Waals surface area contributed by atoms with Crippen molar-refractivity contribution in [2.24, 2.45) is 5.92 Å². The van der Waals surface area contributed by atoms with Gasteiger partial charge in [0.05, 0.1) is 0 Å². The Balaban J connectivity index is 1.73. The molecule has 1 saturated heterocycles. The summed E-state index contributed by atoms with van der Waals surface area (Å²) in [6.07, 6.45) is 5.51. The molecule has 1 heterocycles. The Hall–Kier alpha value is -0.120. The molecule has 0 amide bonds. The maximum Gasteiger partial charge on any atom is 0.0113 e. The van der Waals surface area contributed by atoms with E-state index in [0.717, 1.165) is 18.0 Å². The molecule has 2 fully saturated rings. The van der Waals surface area contributed by atoms with Crippen LogP contribution in [0.3, 0.4) is 0 Å². The topological polar surface area (TPSA) is 18.5 Å². The lowest BCUT2D eigenvalue weighted by molar-refractivity contribution is 0.0876. The lowest BCUT2D eigenvalue weighted by Gasteiger charge is -2.39. The Morgan fingerprint density at radius 3 is 2.50 bits per heavy atom. The molecule has 3 unspecified atom stereocenters. The van der Waals surface area contributed by atoms with E-state index in [0.29, 0.717) is 0 Å². The largest absolute Gasteiger partial charge is 0.317 e. The van der Waals surface area contributed by atoms with Crippen molar-refractivity contribution in [2.75, 3.05) is 39.8 Å². The molecule has 0 aromatic carbocycles. The Labute approximate surface area is 113 Å². The van der Waals surface area contributed by atoms with E-state index in [9.17, 15) is 0 Å². The molecule has 18 heavy (non-hydrogen) atoms. The highest BCUT2D eigenvalue weighted by Gasteiger charge is 2.29. The molecular formula is C15H31N3. The maximum absolute atomic E-state index is 3.50. The van der Waals surface area contributed by atoms with E-state index in [1.807, 2.05) is 0 Å². The Morgan fingerprint density at radius 2 is 1.89 bits per heavy atom. The minimum atomic E-state index is 0.767. The molecule has 1 aliphatic carbocycles. The molecular weight excluding hydrogens is 222 g/mol. The SMILES string of the molecule is CCC(C)N1CCN(CC2CCCC2NC)CC1. The molecule has 0 radical (unpaired) electrons. The van der Waals surface area contributed by atoms with Gasteiger partial charge >= 0.3 is 0 Å². The first kappa shape index (κ1) is 14.3. The summed E-state index contributed by atoms with van der Waals surface area (Å²) in [7, 11) is 2.13. The van der Waals surface area contributed by atoms with Gasteiger partial charge in [-0.3, -0.25) is 4.90 Å². The minimum absolute atomic E-state index is 0.767. The van der Waals surface area contributed by atoms with Crippen molar-refractivity contribution in [2.45, 2.75) is 51.6 Å². The van der Waals surface area contributed by atoms with Crippen LogP contribution in [-0.2, 0) is 0 Å². The van der Waals surface area contributed by atoms with Crippen molar-refractivity contribution in [3.05, 3.63) is 0 Å². The smallest absolute Gasteiger partial charge is 0.0113 e. The number of nitrogens with one attached hydrogen (secondary N) is 1. The lowest BCUT2D eigenvalue weighted by atomic mass is 10.0. The highest BCUT2D eigenvalue weighted by Crippen LogP contribution is 2.26. The second-order valence-corrected chi connectivity index (χ2v) is 6.18. The van der Waals surface area contributed by atoms with Crippen LogP contribution in [0.1, 0.15) is 39.5 Å². The maximum atomic E-state index is 3.50. The van der Waals surface area contributed by atoms with Crippen LogP contribution < -0.4 is 5.32 Å². The van der Waals surface area contributed by atoms with Crippen LogP contribution in [0.25, 0.3) is 0 Å². The molecule has 0 spiro atoms. The van der Waals surface area contributed by atoms with E-state index in [-0.39, 0.29) is 0 Å². The van der Waals surface area contributed by atoms with Gasteiger partial charge in [-0.2, -0.15) is 0 Å². The fourth-order valence-electron chi connectivity index (χ4n) is 3.61. The average molecular weight is 253 g/mol. The summed E-state index contributed by atoms with van der Waals surface area (Å²) in [6.45, 7) is 11.1. The monoisotopic (exact) mass is 253 g/mol. The van der Waals surface area contributed by atoms with Crippen molar-refractivity contribution in [1.82, 2.24) is 15.1 Å². The zero-order valence-electron chi connectivity index (χ0n) is 12.5. The number of rotatable bonds is 5. The molecule has 2 rings (SSSR count). The normalized spacial score (nSPS) is 32.8. The number of piperazine rings is 1. The highest BCUT2D eigenvalue weighted by atomic mass is 15.3. The quantitative estimate of drug-likeness (QED) is 0.806. The third-order valence-corrected chi connectivity index (χ3v) is 5.14. The first-order valence-corrected chi connectivity index (χ1v) is 7.88. The van der Waals surface area contributed by atoms with Crippen LogP contribution >= 0.6 is 0 Å². The highest BCUT2D eigenvalue weighted by molar-refractivity contribution is 4.86. The number of hydrogen-bond donors (Lipinski definition) is 1. The van der Waals surface area contributed by atoms with Crippen LogP contribution in [0, 0.1) is 5.92 Å². The van der Waals surface area contributed by atoms with Gasteiger partial charge in [0.1, 0.15) is 0 Å². The van der Waals surface area contributed by atoms with Crippen molar-refractivity contribution < 1.29 is 0 Å². The Bertz CT molecular complexity index is 236. The average Bonchev–Trinajstić information content (AvgIpc) is 2.86. The van der Waals surface area contributed by atoms with E-state index in [2.05, 4.69) is 36.0 Å². The summed E-state index contributed by atoms with van der Waals surface area (Å²) in [5.74, 6) is 0.894. The summed E-state index contributed by atoms with van der Waals surface area (Å²) < 4.78 is 0. The molecule has 0 aromatic heterocycles. The lowest BCUT2D eigenvalue weighted by Crippen LogP contribution is -2.51. The van der Waals surface area contributed by atoms with Crippen LogP contribution in [0.5, 0.6) is 0 Å². The first-order chi connectivity index (χ1) is 8.74. The zero-order chi connectivity index (χ0) is 13.0. The Kier molecular flexibility index (Phi) is 5.46. The number of nitrogens with zero attached hydrogens (tertiary/aromatic N) is 2. The van der Waals surface area contributed by atoms with Gasteiger partial charge in [-0.1, -0.05) is 13.3 Å². The molecule has 106 valence electrons. The van der Waals surface area contributed by atoms with Crippen molar-refractivity contribution in [3.63, 3.8) is 0 Å². The molecule has 3 atom stereocenters. The van der Waals surface area contributed by atoms with Gasteiger partial charge in [-0.15, -0.1) is 0 Å². The predicted molar refractivity (Wildman–Crippen MR) is 78.0 cm³/mol. The Morgan fingerprint density at radius 1 is 1.17 bits per heavy atom. The summed E-state index contributed by atoms with van der Waals surface area (Å²) in [4.78, 5) is 5.35. The van der Waals surface area contributed by atoms with Gasteiger partial charge in [0, 0.05) is 44.8 Å². The minimum Gasteiger partial charge on any atom is -0.317 e. The van der Waals surface area contributed by atoms with Gasteiger partial charge in [0.25, 0.3) is 0 Å². The van der Waals surface area contributed by atoms with E-state index in [1.165, 1.54) is 58.4 Å². The van der Waals surface area contributed by atoms with Crippen molar-refractivity contribution in [3.8, 4) is 0 Å². The van der Waals surface area contributed by atoms with Crippen LogP contribution in [0.2, 0.25) is 0 Å². The number of hydrogen-bond acceptors (Lipinski definition) is 3. The van der Waals surface area contributed by atoms with E-state index >= 15 is 0 Å². The van der Waals surface area contributed by atoms with Gasteiger partial charge in [0.15, 0.2) is 0 Å². The summed E-state index contributed by atoms with van der Waals surface area (Å²) in [6, 6.07) is 1.54. The molecule has 0 bridgehead atoms. The van der Waals surface area contributed by atoms with E-state index < -0.39 is 0 Å². The standard InChI is InChI=1S/C15H31N3/c1-4-13(2)18-10-8-17(9-11-18)12-14-6-5-7-15(14)16-3/h13-16H,4-12H2,1-3H3. The molecule has 1 N–H and O–H groups in total. The van der Waals surface area contributed by atoms with Gasteiger partial charge in [-0.05, 0) is 39.2 Å². The van der Waals surface area contributed by atoms with Gasteiger partial charge in [0.2, 0.25) is 0 Å². The van der Waals surface area contributed by atoms with Crippen LogP contribution in [-0.4, -0.2) is 61.7 Å². The molecule has 2 aliphatic rings. The van der Waals surface area contributed by atoms with E-state index in [4.69, 9.17) is 0 Å². The third-order valence-electron chi connectivity index (χ3n) is 5.14. The first-order valence-electron chi connectivity index (χ1n) is 7.88. The fourth-order valence-corrected chi connectivity index (χ4v) is 3.61. The second kappa shape index (κ2) is 6.88. The molecule has 1 aliphatic heterocycles. The van der Waals surface area contributed by atoms with Crippen molar-refractivity contribution in [1.29, 1.82) is 0 Å². The van der Waals surface area contributed by atoms with Gasteiger partial charge < -0.3 is 10.2 Å². The zero-order valence-corrected chi connectivity index (χ0v) is 12.5. The predicted octanol–water partition coefficient (Wildman–Crippen LogP) is 1.79. The van der Waals surface area contributed by atoms with Crippen molar-refractivity contribution >= 4 is 0 Å². The fraction of sp³-hybridized carbons (Fsp3) is 1.00. The summed E-state index contributed by atoms with van der Waals surface area (Å²) in [5, 5.41) is 3.50. The van der Waals surface area contributed by atoms with Crippen LogP contribution in [0.4, 0.5) is 0 Å².